The highest BCUT2D eigenvalue weighted by molar-refractivity contribution is 5.76. The molecular formula is C9H18NO. The third-order valence-corrected chi connectivity index (χ3v) is 1.88. The summed E-state index contributed by atoms with van der Waals surface area (Å²) in [6, 6.07) is 0. The molecule has 2 unspecified atom stereocenters. The van der Waals surface area contributed by atoms with Gasteiger partial charge in [0.2, 0.25) is 5.91 Å². The average Bonchev–Trinajstić information content (AvgIpc) is 1.87. The van der Waals surface area contributed by atoms with E-state index in [9.17, 15) is 4.79 Å². The van der Waals surface area contributed by atoms with Gasteiger partial charge in [0, 0.05) is 5.92 Å². The molecule has 0 aromatic rings. The van der Waals surface area contributed by atoms with Crippen LogP contribution in [0, 0.1) is 18.3 Å². The van der Waals surface area contributed by atoms with Crippen LogP contribution >= 0.6 is 0 Å². The Kier molecular flexibility index (Phi) is 4.92. The van der Waals surface area contributed by atoms with Crippen molar-refractivity contribution in [1.29, 1.82) is 0 Å². The van der Waals surface area contributed by atoms with Crippen molar-refractivity contribution in [2.24, 2.45) is 17.6 Å². The van der Waals surface area contributed by atoms with Crippen molar-refractivity contribution >= 4 is 5.91 Å². The Morgan fingerprint density at radius 2 is 2.09 bits per heavy atom. The highest BCUT2D eigenvalue weighted by Gasteiger charge is 2.12. The van der Waals surface area contributed by atoms with E-state index in [2.05, 4.69) is 13.3 Å². The van der Waals surface area contributed by atoms with Gasteiger partial charge in [-0.15, -0.1) is 0 Å². The molecule has 0 spiro atoms. The first-order valence-electron chi connectivity index (χ1n) is 4.15. The molecule has 0 saturated heterocycles. The smallest absolute Gasteiger partial charge is 0.220 e. The lowest BCUT2D eigenvalue weighted by molar-refractivity contribution is -0.121. The van der Waals surface area contributed by atoms with Gasteiger partial charge in [0.25, 0.3) is 0 Å². The van der Waals surface area contributed by atoms with Crippen LogP contribution in [0.15, 0.2) is 0 Å². The van der Waals surface area contributed by atoms with E-state index in [1.807, 2.05) is 13.8 Å². The third kappa shape index (κ3) is 4.82. The Labute approximate surface area is 69.2 Å². The summed E-state index contributed by atoms with van der Waals surface area (Å²) < 4.78 is 0. The number of hydrogen-bond acceptors (Lipinski definition) is 1. The van der Waals surface area contributed by atoms with Gasteiger partial charge in [0.05, 0.1) is 0 Å². The maximum atomic E-state index is 10.7. The Balaban J connectivity index is 3.56. The van der Waals surface area contributed by atoms with Crippen LogP contribution in [0.3, 0.4) is 0 Å². The predicted molar refractivity (Wildman–Crippen MR) is 46.7 cm³/mol. The van der Waals surface area contributed by atoms with Gasteiger partial charge in [-0.1, -0.05) is 20.8 Å². The average molecular weight is 156 g/mol. The van der Waals surface area contributed by atoms with Gasteiger partial charge in [0.1, 0.15) is 0 Å². The normalized spacial score (nSPS) is 15.9. The molecular weight excluding hydrogens is 138 g/mol. The van der Waals surface area contributed by atoms with Crippen LogP contribution in [0.2, 0.25) is 0 Å². The molecule has 2 nitrogen and oxygen atoms in total. The summed E-state index contributed by atoms with van der Waals surface area (Å²) in [5.41, 5.74) is 5.13. The predicted octanol–water partition coefficient (Wildman–Crippen LogP) is 1.75. The van der Waals surface area contributed by atoms with E-state index in [0.717, 1.165) is 12.8 Å². The molecule has 0 rings (SSSR count). The van der Waals surface area contributed by atoms with Crippen LogP contribution in [-0.2, 0) is 4.79 Å². The van der Waals surface area contributed by atoms with E-state index in [4.69, 9.17) is 5.73 Å². The zero-order valence-electron chi connectivity index (χ0n) is 7.63. The lowest BCUT2D eigenvalue weighted by Crippen LogP contribution is -2.22. The van der Waals surface area contributed by atoms with Gasteiger partial charge in [-0.25, -0.2) is 0 Å². The molecule has 0 aliphatic carbocycles. The summed E-state index contributed by atoms with van der Waals surface area (Å²) in [5, 5.41) is 0. The van der Waals surface area contributed by atoms with Gasteiger partial charge in [0.15, 0.2) is 0 Å². The maximum absolute atomic E-state index is 10.7. The van der Waals surface area contributed by atoms with Crippen molar-refractivity contribution in [3.63, 3.8) is 0 Å². The molecule has 2 heteroatoms. The number of nitrogens with two attached hydrogens (primary N) is 1. The minimum atomic E-state index is -0.187. The SMILES string of the molecule is C[CH]CC(C)CC(C)C(N)=O. The van der Waals surface area contributed by atoms with Crippen LogP contribution in [-0.4, -0.2) is 5.91 Å². The Hall–Kier alpha value is -0.530. The van der Waals surface area contributed by atoms with Crippen molar-refractivity contribution in [1.82, 2.24) is 0 Å². The molecule has 1 radical (unpaired) electrons. The fourth-order valence-corrected chi connectivity index (χ4v) is 1.22. The van der Waals surface area contributed by atoms with Gasteiger partial charge < -0.3 is 5.73 Å². The quantitative estimate of drug-likeness (QED) is 0.647. The van der Waals surface area contributed by atoms with Crippen LogP contribution < -0.4 is 5.73 Å². The largest absolute Gasteiger partial charge is 0.369 e. The Bertz CT molecular complexity index is 123. The molecule has 0 aliphatic rings. The first-order chi connectivity index (χ1) is 5.07. The van der Waals surface area contributed by atoms with Crippen molar-refractivity contribution in [2.75, 3.05) is 0 Å². The second-order valence-electron chi connectivity index (χ2n) is 3.29. The molecule has 0 aromatic heterocycles. The molecule has 0 aliphatic heterocycles. The zero-order valence-corrected chi connectivity index (χ0v) is 7.63. The highest BCUT2D eigenvalue weighted by Crippen LogP contribution is 2.15. The lowest BCUT2D eigenvalue weighted by Gasteiger charge is -2.12. The maximum Gasteiger partial charge on any atom is 0.220 e. The van der Waals surface area contributed by atoms with Crippen LogP contribution in [0.4, 0.5) is 0 Å². The van der Waals surface area contributed by atoms with E-state index in [1.165, 1.54) is 0 Å². The lowest BCUT2D eigenvalue weighted by atomic mass is 9.93. The molecule has 0 fully saturated rings. The standard InChI is InChI=1S/C9H18NO/c1-4-5-7(2)6-8(3)9(10)11/h4,7-8H,5-6H2,1-3H3,(H2,10,11). The number of carbonyl (C=O) groups is 1. The first kappa shape index (κ1) is 10.5. The van der Waals surface area contributed by atoms with Crippen molar-refractivity contribution in [3.05, 3.63) is 6.42 Å². The Morgan fingerprint density at radius 1 is 1.55 bits per heavy atom. The van der Waals surface area contributed by atoms with Crippen molar-refractivity contribution < 1.29 is 4.79 Å². The van der Waals surface area contributed by atoms with Crippen LogP contribution in [0.5, 0.6) is 0 Å². The van der Waals surface area contributed by atoms with E-state index in [1.54, 1.807) is 0 Å². The molecule has 0 bridgehead atoms. The number of hydrogen-bond donors (Lipinski definition) is 1. The van der Waals surface area contributed by atoms with Gasteiger partial charge >= 0.3 is 0 Å². The third-order valence-electron chi connectivity index (χ3n) is 1.88. The van der Waals surface area contributed by atoms with Crippen molar-refractivity contribution in [3.8, 4) is 0 Å². The summed E-state index contributed by atoms with van der Waals surface area (Å²) >= 11 is 0. The monoisotopic (exact) mass is 156 g/mol. The number of carbonyl (C=O) groups excluding carboxylic acids is 1. The van der Waals surface area contributed by atoms with Crippen molar-refractivity contribution in [2.45, 2.75) is 33.6 Å². The molecule has 11 heavy (non-hydrogen) atoms. The summed E-state index contributed by atoms with van der Waals surface area (Å²) in [4.78, 5) is 10.7. The molecule has 0 heterocycles. The molecule has 2 N–H and O–H groups in total. The zero-order chi connectivity index (χ0) is 8.85. The molecule has 0 aromatic carbocycles. The van der Waals surface area contributed by atoms with E-state index >= 15 is 0 Å². The number of rotatable bonds is 5. The minimum absolute atomic E-state index is 0.0185. The second-order valence-corrected chi connectivity index (χ2v) is 3.29. The molecule has 2 atom stereocenters. The van der Waals surface area contributed by atoms with Gasteiger partial charge in [-0.2, -0.15) is 0 Å². The fourth-order valence-electron chi connectivity index (χ4n) is 1.22. The van der Waals surface area contributed by atoms with E-state index in [-0.39, 0.29) is 11.8 Å². The van der Waals surface area contributed by atoms with Gasteiger partial charge in [-0.05, 0) is 25.2 Å². The summed E-state index contributed by atoms with van der Waals surface area (Å²) in [6.07, 6.45) is 4.09. The molecule has 65 valence electrons. The summed E-state index contributed by atoms with van der Waals surface area (Å²) in [7, 11) is 0. The second kappa shape index (κ2) is 5.16. The summed E-state index contributed by atoms with van der Waals surface area (Å²) in [6.45, 7) is 6.05. The van der Waals surface area contributed by atoms with Gasteiger partial charge in [-0.3, -0.25) is 4.79 Å². The first-order valence-corrected chi connectivity index (χ1v) is 4.15. The Morgan fingerprint density at radius 3 is 2.45 bits per heavy atom. The fraction of sp³-hybridized carbons (Fsp3) is 0.778. The molecule has 1 amide bonds. The number of amides is 1. The van der Waals surface area contributed by atoms with Crippen LogP contribution in [0.25, 0.3) is 0 Å². The minimum Gasteiger partial charge on any atom is -0.369 e. The number of primary amides is 1. The van der Waals surface area contributed by atoms with E-state index in [0.29, 0.717) is 5.92 Å². The van der Waals surface area contributed by atoms with E-state index < -0.39 is 0 Å². The summed E-state index contributed by atoms with van der Waals surface area (Å²) in [5.74, 6) is 0.403. The highest BCUT2D eigenvalue weighted by atomic mass is 16.1. The molecule has 0 saturated carbocycles. The van der Waals surface area contributed by atoms with Crippen LogP contribution in [0.1, 0.15) is 33.6 Å². The topological polar surface area (TPSA) is 43.1 Å².